The highest BCUT2D eigenvalue weighted by atomic mass is 16.4. The minimum Gasteiger partial charge on any atom is -0.481 e. The number of carboxylic acid groups (broad SMARTS) is 1. The molecule has 0 aliphatic rings. The van der Waals surface area contributed by atoms with Crippen molar-refractivity contribution in [3.8, 4) is 0 Å². The van der Waals surface area contributed by atoms with Crippen molar-refractivity contribution in [2.75, 3.05) is 19.6 Å². The minimum atomic E-state index is -0.813. The average molecular weight is 244 g/mol. The van der Waals surface area contributed by atoms with Crippen LogP contribution < -0.4 is 5.32 Å². The van der Waals surface area contributed by atoms with Crippen molar-refractivity contribution in [1.29, 1.82) is 0 Å². The summed E-state index contributed by atoms with van der Waals surface area (Å²) >= 11 is 0. The summed E-state index contributed by atoms with van der Waals surface area (Å²) in [5, 5.41) is 11.5. The molecule has 2 amide bonds. The molecule has 17 heavy (non-hydrogen) atoms. The fourth-order valence-corrected chi connectivity index (χ4v) is 1.62. The second-order valence-electron chi connectivity index (χ2n) is 4.14. The number of carbonyl (C=O) groups excluding carboxylic acids is 1. The van der Waals surface area contributed by atoms with E-state index >= 15 is 0 Å². The summed E-state index contributed by atoms with van der Waals surface area (Å²) in [4.78, 5) is 24.1. The van der Waals surface area contributed by atoms with Gasteiger partial charge in [-0.1, -0.05) is 20.3 Å². The van der Waals surface area contributed by atoms with Gasteiger partial charge in [-0.2, -0.15) is 0 Å². The van der Waals surface area contributed by atoms with E-state index in [2.05, 4.69) is 5.32 Å². The Bertz CT molecular complexity index is 244. The maximum Gasteiger partial charge on any atom is 0.317 e. The van der Waals surface area contributed by atoms with Crippen LogP contribution in [0.25, 0.3) is 0 Å². The van der Waals surface area contributed by atoms with Gasteiger partial charge in [0, 0.05) is 26.1 Å². The summed E-state index contributed by atoms with van der Waals surface area (Å²) in [7, 11) is 0. The van der Waals surface area contributed by atoms with E-state index in [1.165, 1.54) is 0 Å². The summed E-state index contributed by atoms with van der Waals surface area (Å²) in [5.74, 6) is -0.802. The van der Waals surface area contributed by atoms with Gasteiger partial charge in [-0.25, -0.2) is 4.79 Å². The Hall–Kier alpha value is -1.26. The molecule has 0 saturated carbocycles. The van der Waals surface area contributed by atoms with Crippen molar-refractivity contribution in [1.82, 2.24) is 10.2 Å². The van der Waals surface area contributed by atoms with Crippen LogP contribution in [0.1, 0.15) is 40.0 Å². The highest BCUT2D eigenvalue weighted by Gasteiger charge is 2.14. The zero-order valence-corrected chi connectivity index (χ0v) is 11.0. The molecule has 1 unspecified atom stereocenters. The number of rotatable bonds is 8. The molecule has 2 N–H and O–H groups in total. The zero-order valence-electron chi connectivity index (χ0n) is 11.0. The largest absolute Gasteiger partial charge is 0.481 e. The predicted octanol–water partition coefficient (Wildman–Crippen LogP) is 1.93. The van der Waals surface area contributed by atoms with Gasteiger partial charge in [0.25, 0.3) is 0 Å². The summed E-state index contributed by atoms with van der Waals surface area (Å²) < 4.78 is 0. The molecule has 0 aromatic rings. The number of nitrogens with zero attached hydrogens (tertiary/aromatic N) is 1. The van der Waals surface area contributed by atoms with Crippen molar-refractivity contribution in [3.05, 3.63) is 0 Å². The first kappa shape index (κ1) is 15.7. The average Bonchev–Trinajstić information content (AvgIpc) is 2.30. The first-order valence-corrected chi connectivity index (χ1v) is 6.29. The Morgan fingerprint density at radius 2 is 1.94 bits per heavy atom. The molecule has 0 aromatic carbocycles. The van der Waals surface area contributed by atoms with Crippen LogP contribution in [0.4, 0.5) is 4.79 Å². The lowest BCUT2D eigenvalue weighted by molar-refractivity contribution is -0.138. The number of urea groups is 1. The molecular formula is C12H24N2O3. The third kappa shape index (κ3) is 6.81. The molecule has 100 valence electrons. The maximum absolute atomic E-state index is 11.7. The summed E-state index contributed by atoms with van der Waals surface area (Å²) in [5.41, 5.74) is 0. The van der Waals surface area contributed by atoms with E-state index in [9.17, 15) is 9.59 Å². The summed E-state index contributed by atoms with van der Waals surface area (Å²) in [6, 6.07) is -0.0989. The van der Waals surface area contributed by atoms with E-state index in [1.807, 2.05) is 20.8 Å². The Morgan fingerprint density at radius 1 is 1.29 bits per heavy atom. The lowest BCUT2D eigenvalue weighted by atomic mass is 10.0. The van der Waals surface area contributed by atoms with Gasteiger partial charge in [0.15, 0.2) is 0 Å². The molecule has 0 fully saturated rings. The number of amides is 2. The maximum atomic E-state index is 11.7. The van der Waals surface area contributed by atoms with Gasteiger partial charge in [-0.15, -0.1) is 0 Å². The van der Waals surface area contributed by atoms with Crippen LogP contribution in [0, 0.1) is 5.92 Å². The van der Waals surface area contributed by atoms with Gasteiger partial charge in [0.1, 0.15) is 0 Å². The Kier molecular flexibility index (Phi) is 8.19. The van der Waals surface area contributed by atoms with Crippen molar-refractivity contribution in [2.45, 2.75) is 40.0 Å². The number of hydrogen-bond acceptors (Lipinski definition) is 2. The second kappa shape index (κ2) is 8.84. The zero-order chi connectivity index (χ0) is 13.3. The van der Waals surface area contributed by atoms with Crippen LogP contribution in [-0.2, 0) is 4.79 Å². The summed E-state index contributed by atoms with van der Waals surface area (Å²) in [6.45, 7) is 7.73. The van der Waals surface area contributed by atoms with Crippen molar-refractivity contribution < 1.29 is 14.7 Å². The van der Waals surface area contributed by atoms with Crippen molar-refractivity contribution in [3.63, 3.8) is 0 Å². The van der Waals surface area contributed by atoms with Crippen LogP contribution in [0.5, 0.6) is 0 Å². The quantitative estimate of drug-likeness (QED) is 0.685. The first-order valence-electron chi connectivity index (χ1n) is 6.29. The molecule has 0 bridgehead atoms. The number of carboxylic acids is 1. The second-order valence-corrected chi connectivity index (χ2v) is 4.14. The molecule has 5 nitrogen and oxygen atoms in total. The van der Waals surface area contributed by atoms with E-state index in [1.54, 1.807) is 4.90 Å². The molecule has 0 aliphatic heterocycles. The number of carbonyl (C=O) groups is 2. The van der Waals surface area contributed by atoms with E-state index in [-0.39, 0.29) is 18.4 Å². The van der Waals surface area contributed by atoms with E-state index in [0.29, 0.717) is 13.1 Å². The predicted molar refractivity (Wildman–Crippen MR) is 67.0 cm³/mol. The third-order valence-electron chi connectivity index (χ3n) is 2.75. The number of aliphatic carboxylic acids is 1. The van der Waals surface area contributed by atoms with Crippen molar-refractivity contribution >= 4 is 12.0 Å². The Balaban J connectivity index is 4.06. The van der Waals surface area contributed by atoms with Gasteiger partial charge >= 0.3 is 12.0 Å². The summed E-state index contributed by atoms with van der Waals surface area (Å²) in [6.07, 6.45) is 1.79. The molecule has 0 heterocycles. The third-order valence-corrected chi connectivity index (χ3v) is 2.75. The first-order chi connectivity index (χ1) is 8.04. The van der Waals surface area contributed by atoms with Gasteiger partial charge in [0.05, 0.1) is 0 Å². The molecule has 5 heteroatoms. The molecule has 0 saturated heterocycles. The number of hydrogen-bond donors (Lipinski definition) is 2. The smallest absolute Gasteiger partial charge is 0.317 e. The van der Waals surface area contributed by atoms with Gasteiger partial charge in [-0.3, -0.25) is 4.79 Å². The molecular weight excluding hydrogens is 220 g/mol. The molecule has 1 atom stereocenters. The SMILES string of the molecule is CCCN(CC)C(=O)NCC(CC)CC(=O)O. The highest BCUT2D eigenvalue weighted by molar-refractivity contribution is 5.74. The lowest BCUT2D eigenvalue weighted by Crippen LogP contribution is -2.42. The molecule has 0 spiro atoms. The molecule has 0 radical (unpaired) electrons. The highest BCUT2D eigenvalue weighted by Crippen LogP contribution is 2.06. The van der Waals surface area contributed by atoms with Crippen LogP contribution in [0.15, 0.2) is 0 Å². The normalized spacial score (nSPS) is 11.9. The monoisotopic (exact) mass is 244 g/mol. The van der Waals surface area contributed by atoms with Gasteiger partial charge in [0.2, 0.25) is 0 Å². The molecule has 0 rings (SSSR count). The van der Waals surface area contributed by atoms with Crippen LogP contribution in [-0.4, -0.2) is 41.6 Å². The van der Waals surface area contributed by atoms with E-state index < -0.39 is 5.97 Å². The fraction of sp³-hybridized carbons (Fsp3) is 0.833. The van der Waals surface area contributed by atoms with E-state index in [0.717, 1.165) is 19.4 Å². The topological polar surface area (TPSA) is 69.6 Å². The minimum absolute atomic E-state index is 0.0109. The molecule has 0 aliphatic carbocycles. The molecule has 0 aromatic heterocycles. The number of nitrogens with one attached hydrogen (secondary N) is 1. The van der Waals surface area contributed by atoms with Crippen LogP contribution >= 0.6 is 0 Å². The Morgan fingerprint density at radius 3 is 2.35 bits per heavy atom. The lowest BCUT2D eigenvalue weighted by Gasteiger charge is -2.22. The van der Waals surface area contributed by atoms with Gasteiger partial charge in [-0.05, 0) is 19.3 Å². The fourth-order valence-electron chi connectivity index (χ4n) is 1.62. The van der Waals surface area contributed by atoms with Crippen molar-refractivity contribution in [2.24, 2.45) is 5.92 Å². The van der Waals surface area contributed by atoms with Crippen LogP contribution in [0.3, 0.4) is 0 Å². The Labute approximate surface area is 103 Å². The standard InChI is InChI=1S/C12H24N2O3/c1-4-7-14(6-3)12(17)13-9-10(5-2)8-11(15)16/h10H,4-9H2,1-3H3,(H,13,17)(H,15,16). The van der Waals surface area contributed by atoms with Gasteiger partial charge < -0.3 is 15.3 Å². The van der Waals surface area contributed by atoms with Crippen LogP contribution in [0.2, 0.25) is 0 Å². The van der Waals surface area contributed by atoms with E-state index in [4.69, 9.17) is 5.11 Å².